The van der Waals surface area contributed by atoms with Crippen molar-refractivity contribution in [2.24, 2.45) is 0 Å². The summed E-state index contributed by atoms with van der Waals surface area (Å²) >= 11 is 0. The molecule has 0 aliphatic rings. The van der Waals surface area contributed by atoms with E-state index in [0.29, 0.717) is 0 Å². The van der Waals surface area contributed by atoms with E-state index in [9.17, 15) is 0 Å². The van der Waals surface area contributed by atoms with Gasteiger partial charge in [0.05, 0.1) is 18.0 Å². The fourth-order valence-electron chi connectivity index (χ4n) is 1.93. The first kappa shape index (κ1) is 12.8. The van der Waals surface area contributed by atoms with E-state index < -0.39 is 0 Å². The smallest absolute Gasteiger partial charge is 0.0766 e. The van der Waals surface area contributed by atoms with Crippen molar-refractivity contribution in [3.8, 4) is 5.69 Å². The van der Waals surface area contributed by atoms with E-state index in [2.05, 4.69) is 22.5 Å². The van der Waals surface area contributed by atoms with E-state index in [0.717, 1.165) is 31.0 Å². The van der Waals surface area contributed by atoms with Crippen molar-refractivity contribution < 1.29 is 4.74 Å². The molecular formula is C14H19N3O. The maximum Gasteiger partial charge on any atom is 0.0766 e. The minimum absolute atomic E-state index is 0.724. The minimum atomic E-state index is 0.724. The summed E-state index contributed by atoms with van der Waals surface area (Å²) in [5, 5.41) is 7.65. The molecule has 96 valence electrons. The molecule has 18 heavy (non-hydrogen) atoms. The van der Waals surface area contributed by atoms with Gasteiger partial charge >= 0.3 is 0 Å². The van der Waals surface area contributed by atoms with Gasteiger partial charge in [-0.3, -0.25) is 0 Å². The van der Waals surface area contributed by atoms with Gasteiger partial charge in [0.15, 0.2) is 0 Å². The van der Waals surface area contributed by atoms with E-state index >= 15 is 0 Å². The molecule has 0 unspecified atom stereocenters. The third-order valence-corrected chi connectivity index (χ3v) is 2.82. The molecule has 1 aromatic heterocycles. The molecule has 0 saturated heterocycles. The zero-order valence-corrected chi connectivity index (χ0v) is 10.9. The van der Waals surface area contributed by atoms with Crippen LogP contribution in [0.4, 0.5) is 0 Å². The number of nitrogens with one attached hydrogen (secondary N) is 1. The molecule has 0 fully saturated rings. The standard InChI is InChI=1S/C14H19N3O/c1-15-11-13-7-9-17(16-13)14-6-4-3-5-12(14)8-10-18-2/h3-7,9,15H,8,10-11H2,1-2H3. The number of hydrogen-bond donors (Lipinski definition) is 1. The third-order valence-electron chi connectivity index (χ3n) is 2.82. The van der Waals surface area contributed by atoms with E-state index in [4.69, 9.17) is 4.74 Å². The summed E-state index contributed by atoms with van der Waals surface area (Å²) in [6.07, 6.45) is 2.90. The predicted molar refractivity (Wildman–Crippen MR) is 71.9 cm³/mol. The normalized spacial score (nSPS) is 10.8. The Labute approximate surface area is 108 Å². The van der Waals surface area contributed by atoms with Crippen LogP contribution in [-0.4, -0.2) is 30.5 Å². The maximum absolute atomic E-state index is 5.14. The highest BCUT2D eigenvalue weighted by Crippen LogP contribution is 2.14. The molecule has 0 aliphatic carbocycles. The van der Waals surface area contributed by atoms with Gasteiger partial charge in [0.1, 0.15) is 0 Å². The van der Waals surface area contributed by atoms with Gasteiger partial charge in [-0.05, 0) is 31.2 Å². The van der Waals surface area contributed by atoms with Crippen molar-refractivity contribution in [3.63, 3.8) is 0 Å². The maximum atomic E-state index is 5.14. The highest BCUT2D eigenvalue weighted by Gasteiger charge is 2.05. The van der Waals surface area contributed by atoms with Gasteiger partial charge < -0.3 is 10.1 Å². The Kier molecular flexibility index (Phi) is 4.50. The molecule has 0 saturated carbocycles. The van der Waals surface area contributed by atoms with Crippen LogP contribution in [0, 0.1) is 0 Å². The fraction of sp³-hybridized carbons (Fsp3) is 0.357. The van der Waals surface area contributed by atoms with E-state index in [1.807, 2.05) is 36.1 Å². The van der Waals surface area contributed by atoms with Crippen LogP contribution < -0.4 is 5.32 Å². The van der Waals surface area contributed by atoms with Crippen molar-refractivity contribution in [3.05, 3.63) is 47.8 Å². The summed E-state index contributed by atoms with van der Waals surface area (Å²) < 4.78 is 7.07. The van der Waals surface area contributed by atoms with Gasteiger partial charge in [-0.15, -0.1) is 0 Å². The van der Waals surface area contributed by atoms with Crippen LogP contribution in [0.2, 0.25) is 0 Å². The molecule has 1 N–H and O–H groups in total. The zero-order valence-electron chi connectivity index (χ0n) is 10.9. The number of rotatable bonds is 6. The third kappa shape index (κ3) is 2.97. The molecule has 0 radical (unpaired) electrons. The molecule has 0 aliphatic heterocycles. The van der Waals surface area contributed by atoms with Crippen LogP contribution >= 0.6 is 0 Å². The van der Waals surface area contributed by atoms with Gasteiger partial charge in [-0.25, -0.2) is 4.68 Å². The highest BCUT2D eigenvalue weighted by atomic mass is 16.5. The van der Waals surface area contributed by atoms with Gasteiger partial charge in [0, 0.05) is 19.9 Å². The molecule has 0 spiro atoms. The van der Waals surface area contributed by atoms with Gasteiger partial charge in [-0.2, -0.15) is 5.10 Å². The lowest BCUT2D eigenvalue weighted by atomic mass is 10.1. The second-order valence-corrected chi connectivity index (χ2v) is 4.15. The number of hydrogen-bond acceptors (Lipinski definition) is 3. The first-order chi connectivity index (χ1) is 8.85. The fourth-order valence-corrected chi connectivity index (χ4v) is 1.93. The zero-order chi connectivity index (χ0) is 12.8. The Balaban J connectivity index is 2.25. The van der Waals surface area contributed by atoms with Crippen LogP contribution in [0.5, 0.6) is 0 Å². The monoisotopic (exact) mass is 245 g/mol. The minimum Gasteiger partial charge on any atom is -0.384 e. The van der Waals surface area contributed by atoms with Crippen LogP contribution in [0.25, 0.3) is 5.69 Å². The Morgan fingerprint density at radius 2 is 2.11 bits per heavy atom. The number of methoxy groups -OCH3 is 1. The molecule has 0 atom stereocenters. The Morgan fingerprint density at radius 3 is 2.89 bits per heavy atom. The molecule has 1 heterocycles. The van der Waals surface area contributed by atoms with Crippen LogP contribution in [-0.2, 0) is 17.7 Å². The SMILES string of the molecule is CNCc1ccn(-c2ccccc2CCOC)n1. The molecule has 4 nitrogen and oxygen atoms in total. The molecule has 0 bridgehead atoms. The molecule has 2 rings (SSSR count). The van der Waals surface area contributed by atoms with Crippen molar-refractivity contribution in [2.45, 2.75) is 13.0 Å². The summed E-state index contributed by atoms with van der Waals surface area (Å²) in [6, 6.07) is 10.3. The Bertz CT molecular complexity index is 493. The van der Waals surface area contributed by atoms with Crippen LogP contribution in [0.15, 0.2) is 36.5 Å². The van der Waals surface area contributed by atoms with Crippen LogP contribution in [0.3, 0.4) is 0 Å². The number of ether oxygens (including phenoxy) is 1. The summed E-state index contributed by atoms with van der Waals surface area (Å²) in [5.74, 6) is 0. The topological polar surface area (TPSA) is 39.1 Å². The van der Waals surface area contributed by atoms with Crippen molar-refractivity contribution in [2.75, 3.05) is 20.8 Å². The first-order valence-electron chi connectivity index (χ1n) is 6.11. The van der Waals surface area contributed by atoms with Crippen molar-refractivity contribution >= 4 is 0 Å². The lowest BCUT2D eigenvalue weighted by molar-refractivity contribution is 0.202. The number of benzene rings is 1. The summed E-state index contributed by atoms with van der Waals surface area (Å²) in [5.41, 5.74) is 3.41. The molecular weight excluding hydrogens is 226 g/mol. The second kappa shape index (κ2) is 6.33. The predicted octanol–water partition coefficient (Wildman–Crippen LogP) is 1.78. The van der Waals surface area contributed by atoms with E-state index in [-0.39, 0.29) is 0 Å². The number of nitrogens with zero attached hydrogens (tertiary/aromatic N) is 2. The average Bonchev–Trinajstić information content (AvgIpc) is 2.86. The summed E-state index contributed by atoms with van der Waals surface area (Å²) in [6.45, 7) is 1.51. The van der Waals surface area contributed by atoms with E-state index in [1.54, 1.807) is 7.11 Å². The average molecular weight is 245 g/mol. The van der Waals surface area contributed by atoms with Gasteiger partial charge in [0.25, 0.3) is 0 Å². The largest absolute Gasteiger partial charge is 0.384 e. The van der Waals surface area contributed by atoms with Crippen molar-refractivity contribution in [1.82, 2.24) is 15.1 Å². The van der Waals surface area contributed by atoms with Gasteiger partial charge in [0.2, 0.25) is 0 Å². The molecule has 1 aromatic carbocycles. The van der Waals surface area contributed by atoms with E-state index in [1.165, 1.54) is 5.56 Å². The first-order valence-corrected chi connectivity index (χ1v) is 6.11. The lowest BCUT2D eigenvalue weighted by Crippen LogP contribution is -2.07. The quantitative estimate of drug-likeness (QED) is 0.843. The highest BCUT2D eigenvalue weighted by molar-refractivity contribution is 5.40. The Hall–Kier alpha value is -1.65. The number of para-hydroxylation sites is 1. The number of aromatic nitrogens is 2. The molecule has 4 heteroatoms. The summed E-state index contributed by atoms with van der Waals surface area (Å²) in [7, 11) is 3.65. The molecule has 2 aromatic rings. The van der Waals surface area contributed by atoms with Crippen molar-refractivity contribution in [1.29, 1.82) is 0 Å². The Morgan fingerprint density at radius 1 is 1.28 bits per heavy atom. The lowest BCUT2D eigenvalue weighted by Gasteiger charge is -2.09. The molecule has 0 amide bonds. The van der Waals surface area contributed by atoms with Gasteiger partial charge in [-0.1, -0.05) is 18.2 Å². The second-order valence-electron chi connectivity index (χ2n) is 4.15. The summed E-state index contributed by atoms with van der Waals surface area (Å²) in [4.78, 5) is 0. The van der Waals surface area contributed by atoms with Crippen LogP contribution in [0.1, 0.15) is 11.3 Å².